The fourth-order valence-electron chi connectivity index (χ4n) is 1.73. The third-order valence-corrected chi connectivity index (χ3v) is 2.78. The van der Waals surface area contributed by atoms with Gasteiger partial charge >= 0.3 is 0 Å². The lowest BCUT2D eigenvalue weighted by molar-refractivity contribution is -0.0000855. The summed E-state index contributed by atoms with van der Waals surface area (Å²) >= 11 is 0. The Labute approximate surface area is 83.2 Å². The van der Waals surface area contributed by atoms with Crippen molar-refractivity contribution in [3.63, 3.8) is 0 Å². The second kappa shape index (κ2) is 3.71. The van der Waals surface area contributed by atoms with E-state index in [1.807, 2.05) is 6.92 Å². The number of hydrogen-bond donors (Lipinski definition) is 2. The quantitative estimate of drug-likeness (QED) is 0.745. The van der Waals surface area contributed by atoms with Crippen molar-refractivity contribution in [3.8, 4) is 0 Å². The summed E-state index contributed by atoms with van der Waals surface area (Å²) in [6, 6.07) is 1.76. The predicted octanol–water partition coefficient (Wildman–Crippen LogP) is 0.707. The molecule has 0 bridgehead atoms. The molecule has 1 fully saturated rings. The third kappa shape index (κ3) is 1.67. The lowest BCUT2D eigenvalue weighted by atomic mass is 10.1. The number of aryl methyl sites for hydroxylation is 1. The minimum absolute atomic E-state index is 0.283. The maximum Gasteiger partial charge on any atom is 0.122 e. The summed E-state index contributed by atoms with van der Waals surface area (Å²) in [4.78, 5) is 0. The van der Waals surface area contributed by atoms with E-state index < -0.39 is 12.2 Å². The van der Waals surface area contributed by atoms with E-state index in [1.165, 1.54) is 0 Å². The first-order chi connectivity index (χ1) is 6.74. The van der Waals surface area contributed by atoms with Crippen LogP contribution in [0.15, 0.2) is 12.3 Å². The summed E-state index contributed by atoms with van der Waals surface area (Å²) in [5.74, 6) is 0.283. The standard InChI is InChI=1S/C10H16N2O2/c1-2-12-8(5-6-11-12)10(14)9(13)7-3-4-7/h5-7,9-10,13-14H,2-4H2,1H3. The number of aromatic nitrogens is 2. The Kier molecular flexibility index (Phi) is 2.56. The molecule has 4 nitrogen and oxygen atoms in total. The molecule has 0 radical (unpaired) electrons. The van der Waals surface area contributed by atoms with Crippen LogP contribution in [0.2, 0.25) is 0 Å². The normalized spacial score (nSPS) is 20.8. The topological polar surface area (TPSA) is 58.3 Å². The second-order valence-corrected chi connectivity index (χ2v) is 3.84. The molecule has 0 aliphatic heterocycles. The van der Waals surface area contributed by atoms with E-state index in [2.05, 4.69) is 5.10 Å². The summed E-state index contributed by atoms with van der Waals surface area (Å²) in [5.41, 5.74) is 0.715. The Morgan fingerprint density at radius 1 is 1.57 bits per heavy atom. The van der Waals surface area contributed by atoms with E-state index in [-0.39, 0.29) is 5.92 Å². The number of aliphatic hydroxyl groups is 2. The molecule has 0 saturated heterocycles. The fourth-order valence-corrected chi connectivity index (χ4v) is 1.73. The monoisotopic (exact) mass is 196 g/mol. The molecule has 1 aliphatic rings. The highest BCUT2D eigenvalue weighted by Crippen LogP contribution is 2.37. The van der Waals surface area contributed by atoms with Crippen LogP contribution in [0.4, 0.5) is 0 Å². The molecule has 4 heteroatoms. The molecule has 0 spiro atoms. The average Bonchev–Trinajstić information content (AvgIpc) is 2.94. The van der Waals surface area contributed by atoms with Gasteiger partial charge in [0.05, 0.1) is 11.8 Å². The van der Waals surface area contributed by atoms with E-state index >= 15 is 0 Å². The van der Waals surface area contributed by atoms with Crippen LogP contribution in [0, 0.1) is 5.92 Å². The maximum atomic E-state index is 9.89. The van der Waals surface area contributed by atoms with E-state index in [9.17, 15) is 10.2 Å². The van der Waals surface area contributed by atoms with Crippen LogP contribution in [-0.4, -0.2) is 26.1 Å². The molecule has 1 aliphatic carbocycles. The average molecular weight is 196 g/mol. The summed E-state index contributed by atoms with van der Waals surface area (Å²) in [5, 5.41) is 23.7. The molecule has 78 valence electrons. The Hall–Kier alpha value is -0.870. The Balaban J connectivity index is 2.12. The van der Waals surface area contributed by atoms with Crippen molar-refractivity contribution in [3.05, 3.63) is 18.0 Å². The van der Waals surface area contributed by atoms with Gasteiger partial charge in [-0.15, -0.1) is 0 Å². The molecular formula is C10H16N2O2. The zero-order valence-electron chi connectivity index (χ0n) is 8.30. The second-order valence-electron chi connectivity index (χ2n) is 3.84. The van der Waals surface area contributed by atoms with Crippen molar-refractivity contribution >= 4 is 0 Å². The summed E-state index contributed by atoms with van der Waals surface area (Å²) in [7, 11) is 0. The highest BCUT2D eigenvalue weighted by molar-refractivity contribution is 5.08. The van der Waals surface area contributed by atoms with Gasteiger partial charge < -0.3 is 10.2 Å². The van der Waals surface area contributed by atoms with Gasteiger partial charge in [0, 0.05) is 12.7 Å². The van der Waals surface area contributed by atoms with Crippen molar-refractivity contribution < 1.29 is 10.2 Å². The third-order valence-electron chi connectivity index (χ3n) is 2.78. The van der Waals surface area contributed by atoms with Gasteiger partial charge in [-0.25, -0.2) is 0 Å². The highest BCUT2D eigenvalue weighted by atomic mass is 16.3. The van der Waals surface area contributed by atoms with Crippen LogP contribution in [0.1, 0.15) is 31.6 Å². The van der Waals surface area contributed by atoms with Gasteiger partial charge in [-0.2, -0.15) is 5.10 Å². The van der Waals surface area contributed by atoms with Crippen LogP contribution < -0.4 is 0 Å². The Morgan fingerprint density at radius 2 is 2.29 bits per heavy atom. The molecule has 0 amide bonds. The maximum absolute atomic E-state index is 9.89. The molecule has 0 aromatic carbocycles. The van der Waals surface area contributed by atoms with E-state index in [0.717, 1.165) is 19.4 Å². The molecular weight excluding hydrogens is 180 g/mol. The summed E-state index contributed by atoms with van der Waals surface area (Å²) in [6.45, 7) is 2.68. The lowest BCUT2D eigenvalue weighted by Gasteiger charge is -2.18. The lowest BCUT2D eigenvalue weighted by Crippen LogP contribution is -2.23. The van der Waals surface area contributed by atoms with Crippen LogP contribution in [0.3, 0.4) is 0 Å². The first kappa shape index (κ1) is 9.68. The molecule has 1 heterocycles. The summed E-state index contributed by atoms with van der Waals surface area (Å²) < 4.78 is 1.72. The smallest absolute Gasteiger partial charge is 0.122 e. The predicted molar refractivity (Wildman–Crippen MR) is 51.6 cm³/mol. The van der Waals surface area contributed by atoms with Gasteiger partial charge in [0.1, 0.15) is 6.10 Å². The van der Waals surface area contributed by atoms with E-state index in [0.29, 0.717) is 5.69 Å². The number of nitrogens with zero attached hydrogens (tertiary/aromatic N) is 2. The van der Waals surface area contributed by atoms with Crippen molar-refractivity contribution in [1.29, 1.82) is 0 Å². The first-order valence-electron chi connectivity index (χ1n) is 5.12. The van der Waals surface area contributed by atoms with Crippen LogP contribution in [-0.2, 0) is 6.54 Å². The molecule has 1 aromatic heterocycles. The van der Waals surface area contributed by atoms with Gasteiger partial charge in [0.15, 0.2) is 0 Å². The number of aliphatic hydroxyl groups excluding tert-OH is 2. The fraction of sp³-hybridized carbons (Fsp3) is 0.700. The van der Waals surface area contributed by atoms with Gasteiger partial charge in [-0.3, -0.25) is 4.68 Å². The minimum Gasteiger partial charge on any atom is -0.390 e. The number of hydrogen-bond acceptors (Lipinski definition) is 3. The molecule has 1 aromatic rings. The minimum atomic E-state index is -0.787. The number of rotatable bonds is 4. The van der Waals surface area contributed by atoms with Gasteiger partial charge in [0.25, 0.3) is 0 Å². The molecule has 2 N–H and O–H groups in total. The van der Waals surface area contributed by atoms with E-state index in [1.54, 1.807) is 16.9 Å². The molecule has 2 rings (SSSR count). The van der Waals surface area contributed by atoms with Crippen LogP contribution in [0.5, 0.6) is 0 Å². The van der Waals surface area contributed by atoms with E-state index in [4.69, 9.17) is 0 Å². The molecule has 2 unspecified atom stereocenters. The largest absolute Gasteiger partial charge is 0.390 e. The van der Waals surface area contributed by atoms with Crippen molar-refractivity contribution in [2.75, 3.05) is 0 Å². The highest BCUT2D eigenvalue weighted by Gasteiger charge is 2.36. The van der Waals surface area contributed by atoms with Gasteiger partial charge in [0.2, 0.25) is 0 Å². The van der Waals surface area contributed by atoms with Crippen molar-refractivity contribution in [2.24, 2.45) is 5.92 Å². The first-order valence-corrected chi connectivity index (χ1v) is 5.12. The Bertz CT molecular complexity index is 307. The summed E-state index contributed by atoms with van der Waals surface area (Å²) in [6.07, 6.45) is 2.29. The van der Waals surface area contributed by atoms with Crippen molar-refractivity contribution in [2.45, 2.75) is 38.5 Å². The molecule has 2 atom stereocenters. The Morgan fingerprint density at radius 3 is 2.86 bits per heavy atom. The van der Waals surface area contributed by atoms with Crippen molar-refractivity contribution in [1.82, 2.24) is 9.78 Å². The van der Waals surface area contributed by atoms with Gasteiger partial charge in [-0.05, 0) is 31.7 Å². The van der Waals surface area contributed by atoms with Crippen LogP contribution in [0.25, 0.3) is 0 Å². The SMILES string of the molecule is CCn1nccc1C(O)C(O)C1CC1. The zero-order chi connectivity index (χ0) is 10.1. The zero-order valence-corrected chi connectivity index (χ0v) is 8.30. The van der Waals surface area contributed by atoms with Crippen LogP contribution >= 0.6 is 0 Å². The molecule has 14 heavy (non-hydrogen) atoms. The molecule has 1 saturated carbocycles. The van der Waals surface area contributed by atoms with Gasteiger partial charge in [-0.1, -0.05) is 0 Å².